The van der Waals surface area contributed by atoms with E-state index < -0.39 is 16.1 Å². The summed E-state index contributed by atoms with van der Waals surface area (Å²) in [5, 5.41) is 4.45. The molecule has 7 heteroatoms. The van der Waals surface area contributed by atoms with E-state index in [2.05, 4.69) is 22.3 Å². The van der Waals surface area contributed by atoms with E-state index in [0.717, 1.165) is 24.0 Å². The molecule has 1 fully saturated rings. The molecule has 1 N–H and O–H groups in total. The van der Waals surface area contributed by atoms with E-state index in [9.17, 15) is 13.2 Å². The maximum atomic E-state index is 13.2. The second-order valence-corrected chi connectivity index (χ2v) is 10.3. The van der Waals surface area contributed by atoms with Crippen molar-refractivity contribution in [3.63, 3.8) is 0 Å². The van der Waals surface area contributed by atoms with Crippen molar-refractivity contribution in [2.75, 3.05) is 22.3 Å². The molecule has 0 saturated carbocycles. The highest BCUT2D eigenvalue weighted by Crippen LogP contribution is 2.43. The van der Waals surface area contributed by atoms with E-state index in [1.807, 2.05) is 30.3 Å². The number of benzene rings is 3. The first-order valence-electron chi connectivity index (χ1n) is 11.1. The Morgan fingerprint density at radius 2 is 1.66 bits per heavy atom. The van der Waals surface area contributed by atoms with Crippen LogP contribution in [0.3, 0.4) is 0 Å². The van der Waals surface area contributed by atoms with E-state index in [0.29, 0.717) is 17.6 Å². The molecule has 0 radical (unpaired) electrons. The molecule has 166 valence electrons. The first-order valence-corrected chi connectivity index (χ1v) is 12.6. The van der Waals surface area contributed by atoms with Crippen molar-refractivity contribution < 1.29 is 13.2 Å². The van der Waals surface area contributed by atoms with Crippen LogP contribution in [0.4, 0.5) is 11.4 Å². The van der Waals surface area contributed by atoms with Gasteiger partial charge in [-0.15, -0.1) is 0 Å². The minimum absolute atomic E-state index is 0.263. The van der Waals surface area contributed by atoms with Gasteiger partial charge >= 0.3 is 0 Å². The van der Waals surface area contributed by atoms with Crippen LogP contribution in [0.15, 0.2) is 65.6 Å². The van der Waals surface area contributed by atoms with Gasteiger partial charge in [0.2, 0.25) is 5.91 Å². The predicted octanol–water partition coefficient (Wildman–Crippen LogP) is 4.04. The maximum absolute atomic E-state index is 13.2. The molecule has 2 aliphatic heterocycles. The number of amides is 1. The number of nitrogens with one attached hydrogen (secondary N) is 1. The number of anilines is 2. The minimum atomic E-state index is -3.78. The second-order valence-electron chi connectivity index (χ2n) is 8.54. The lowest BCUT2D eigenvalue weighted by atomic mass is 10.1. The Hall–Kier alpha value is -3.06. The Balaban J connectivity index is 1.30. The van der Waals surface area contributed by atoms with Gasteiger partial charge in [-0.2, -0.15) is 0 Å². The Labute approximate surface area is 188 Å². The van der Waals surface area contributed by atoms with Crippen molar-refractivity contribution in [3.8, 4) is 0 Å². The minimum Gasteiger partial charge on any atom is -0.372 e. The highest BCUT2D eigenvalue weighted by molar-refractivity contribution is 7.93. The number of rotatable bonds is 5. The van der Waals surface area contributed by atoms with Crippen LogP contribution in [0, 0.1) is 0 Å². The third-order valence-electron chi connectivity index (χ3n) is 6.47. The first-order chi connectivity index (χ1) is 15.5. The molecule has 2 aliphatic rings. The largest absolute Gasteiger partial charge is 0.372 e. The summed E-state index contributed by atoms with van der Waals surface area (Å²) in [6.45, 7) is 4.17. The lowest BCUT2D eigenvalue weighted by molar-refractivity contribution is -0.122. The van der Waals surface area contributed by atoms with Gasteiger partial charge in [0.05, 0.1) is 10.6 Å². The van der Waals surface area contributed by atoms with Crippen LogP contribution in [0.5, 0.6) is 0 Å². The van der Waals surface area contributed by atoms with Crippen LogP contribution in [0.2, 0.25) is 0 Å². The van der Waals surface area contributed by atoms with E-state index in [4.69, 9.17) is 0 Å². The lowest BCUT2D eigenvalue weighted by Gasteiger charge is -2.29. The normalized spacial score (nSPS) is 18.0. The summed E-state index contributed by atoms with van der Waals surface area (Å²) in [4.78, 5) is 15.6. The zero-order valence-electron chi connectivity index (χ0n) is 18.1. The van der Waals surface area contributed by atoms with Gasteiger partial charge in [0.1, 0.15) is 6.04 Å². The standard InChI is InChI=1S/C25H27N3O3S/c1-18(28-22-9-5-7-20-8-6-10-23(24(20)22)32(28,30)31)25(29)26-17-19-11-13-21(14-12-19)27-15-3-2-4-16-27/h5-14,18H,2-4,15-17H2,1H3,(H,26,29). The molecule has 0 spiro atoms. The summed E-state index contributed by atoms with van der Waals surface area (Å²) in [6, 6.07) is 18.1. The fourth-order valence-corrected chi connectivity index (χ4v) is 6.62. The van der Waals surface area contributed by atoms with Gasteiger partial charge in [0, 0.05) is 30.7 Å². The summed E-state index contributed by atoms with van der Waals surface area (Å²) in [5.41, 5.74) is 2.76. The zero-order chi connectivity index (χ0) is 22.3. The summed E-state index contributed by atoms with van der Waals surface area (Å²) in [5.74, 6) is -0.321. The fourth-order valence-electron chi connectivity index (χ4n) is 4.76. The van der Waals surface area contributed by atoms with Crippen molar-refractivity contribution in [1.82, 2.24) is 5.32 Å². The van der Waals surface area contributed by atoms with E-state index in [1.54, 1.807) is 25.1 Å². The molecule has 0 bridgehead atoms. The van der Waals surface area contributed by atoms with E-state index in [1.165, 1.54) is 29.3 Å². The third-order valence-corrected chi connectivity index (χ3v) is 8.40. The molecule has 0 aliphatic carbocycles. The smallest absolute Gasteiger partial charge is 0.265 e. The van der Waals surface area contributed by atoms with Crippen molar-refractivity contribution in [3.05, 3.63) is 66.2 Å². The molecule has 0 aromatic heterocycles. The lowest BCUT2D eigenvalue weighted by Crippen LogP contribution is -2.46. The Morgan fingerprint density at radius 1 is 0.969 bits per heavy atom. The molecule has 3 aromatic rings. The second kappa shape index (κ2) is 8.13. The van der Waals surface area contributed by atoms with Crippen LogP contribution in [-0.2, 0) is 21.4 Å². The van der Waals surface area contributed by atoms with Gasteiger partial charge < -0.3 is 10.2 Å². The average Bonchev–Trinajstić information content (AvgIpc) is 3.06. The van der Waals surface area contributed by atoms with Crippen LogP contribution >= 0.6 is 0 Å². The molecule has 5 rings (SSSR count). The molecule has 1 unspecified atom stereocenters. The number of carbonyl (C=O) groups excluding carboxylic acids is 1. The molecule has 1 atom stereocenters. The van der Waals surface area contributed by atoms with Gasteiger partial charge in [-0.3, -0.25) is 9.10 Å². The number of nitrogens with zero attached hydrogens (tertiary/aromatic N) is 2. The van der Waals surface area contributed by atoms with Crippen molar-refractivity contribution >= 4 is 38.1 Å². The molecule has 32 heavy (non-hydrogen) atoms. The molecule has 2 heterocycles. The number of carbonyl (C=O) groups is 1. The molecule has 3 aromatic carbocycles. The predicted molar refractivity (Wildman–Crippen MR) is 127 cm³/mol. The monoisotopic (exact) mass is 449 g/mol. The number of hydrogen-bond acceptors (Lipinski definition) is 4. The van der Waals surface area contributed by atoms with Gasteiger partial charge in [-0.25, -0.2) is 8.42 Å². The third kappa shape index (κ3) is 3.50. The van der Waals surface area contributed by atoms with Crippen LogP contribution in [-0.4, -0.2) is 33.5 Å². The molecule has 1 amide bonds. The Bertz CT molecular complexity index is 1260. The Morgan fingerprint density at radius 3 is 2.38 bits per heavy atom. The summed E-state index contributed by atoms with van der Waals surface area (Å²) in [6.07, 6.45) is 3.75. The molecular formula is C25H27N3O3S. The topological polar surface area (TPSA) is 69.7 Å². The Kier molecular flexibility index (Phi) is 5.29. The van der Waals surface area contributed by atoms with E-state index in [-0.39, 0.29) is 10.8 Å². The zero-order valence-corrected chi connectivity index (χ0v) is 18.9. The van der Waals surface area contributed by atoms with Gasteiger partial charge in [-0.1, -0.05) is 36.4 Å². The van der Waals surface area contributed by atoms with Gasteiger partial charge in [0.25, 0.3) is 10.0 Å². The van der Waals surface area contributed by atoms with Crippen LogP contribution in [0.25, 0.3) is 10.8 Å². The van der Waals surface area contributed by atoms with Gasteiger partial charge in [0.15, 0.2) is 0 Å². The highest BCUT2D eigenvalue weighted by atomic mass is 32.2. The number of hydrogen-bond donors (Lipinski definition) is 1. The van der Waals surface area contributed by atoms with Crippen molar-refractivity contribution in [2.45, 2.75) is 43.7 Å². The first kappa shape index (κ1) is 20.8. The number of piperidine rings is 1. The number of sulfonamides is 1. The van der Waals surface area contributed by atoms with E-state index >= 15 is 0 Å². The SMILES string of the molecule is CC(C(=O)NCc1ccc(N2CCCCC2)cc1)N1c2cccc3cccc(c23)S1(=O)=O. The van der Waals surface area contributed by atoms with Crippen LogP contribution in [0.1, 0.15) is 31.7 Å². The van der Waals surface area contributed by atoms with Gasteiger partial charge in [-0.05, 0) is 61.4 Å². The highest BCUT2D eigenvalue weighted by Gasteiger charge is 2.40. The summed E-state index contributed by atoms with van der Waals surface area (Å²) >= 11 is 0. The quantitative estimate of drug-likeness (QED) is 0.638. The van der Waals surface area contributed by atoms with Crippen molar-refractivity contribution in [2.24, 2.45) is 0 Å². The molecular weight excluding hydrogens is 422 g/mol. The molecule has 6 nitrogen and oxygen atoms in total. The molecule has 1 saturated heterocycles. The van der Waals surface area contributed by atoms with Crippen molar-refractivity contribution in [1.29, 1.82) is 0 Å². The van der Waals surface area contributed by atoms with Crippen LogP contribution < -0.4 is 14.5 Å². The average molecular weight is 450 g/mol. The fraction of sp³-hybridized carbons (Fsp3) is 0.320. The summed E-state index contributed by atoms with van der Waals surface area (Å²) < 4.78 is 27.7. The summed E-state index contributed by atoms with van der Waals surface area (Å²) in [7, 11) is -3.78. The maximum Gasteiger partial charge on any atom is 0.265 e.